The van der Waals surface area contributed by atoms with E-state index in [9.17, 15) is 9.59 Å². The van der Waals surface area contributed by atoms with Gasteiger partial charge in [0.15, 0.2) is 0 Å². The van der Waals surface area contributed by atoms with E-state index in [-0.39, 0.29) is 31.1 Å². The van der Waals surface area contributed by atoms with E-state index in [0.29, 0.717) is 19.4 Å². The number of hydrogen-bond acceptors (Lipinski definition) is 3. The molecule has 0 bridgehead atoms. The van der Waals surface area contributed by atoms with Crippen LogP contribution in [0.3, 0.4) is 0 Å². The highest BCUT2D eigenvalue weighted by Crippen LogP contribution is 2.16. The first-order valence-corrected chi connectivity index (χ1v) is 6.17. The van der Waals surface area contributed by atoms with Crippen LogP contribution in [0.15, 0.2) is 0 Å². The van der Waals surface area contributed by atoms with Gasteiger partial charge >= 0.3 is 5.97 Å². The van der Waals surface area contributed by atoms with Gasteiger partial charge in [0.1, 0.15) is 6.61 Å². The van der Waals surface area contributed by atoms with Gasteiger partial charge in [-0.15, -0.1) is 0 Å². The van der Waals surface area contributed by atoms with Gasteiger partial charge in [0.25, 0.3) is 0 Å². The highest BCUT2D eigenvalue weighted by molar-refractivity contribution is 5.78. The van der Waals surface area contributed by atoms with E-state index in [1.54, 1.807) is 0 Å². The van der Waals surface area contributed by atoms with E-state index < -0.39 is 5.97 Å². The number of ether oxygens (including phenoxy) is 1. The van der Waals surface area contributed by atoms with Crippen LogP contribution in [0.25, 0.3) is 0 Å². The molecule has 1 N–H and O–H groups in total. The van der Waals surface area contributed by atoms with Crippen molar-refractivity contribution >= 4 is 11.9 Å². The number of carbonyl (C=O) groups excluding carboxylic acids is 1. The molecule has 17 heavy (non-hydrogen) atoms. The van der Waals surface area contributed by atoms with Gasteiger partial charge in [-0.1, -0.05) is 6.92 Å². The predicted molar refractivity (Wildman–Crippen MR) is 62.7 cm³/mol. The molecule has 0 radical (unpaired) electrons. The van der Waals surface area contributed by atoms with E-state index in [1.165, 1.54) is 0 Å². The van der Waals surface area contributed by atoms with Crippen molar-refractivity contribution in [2.45, 2.75) is 51.7 Å². The molecule has 0 saturated carbocycles. The van der Waals surface area contributed by atoms with Gasteiger partial charge in [0, 0.05) is 19.0 Å². The first-order chi connectivity index (χ1) is 8.04. The number of nitrogens with zero attached hydrogens (tertiary/aromatic N) is 1. The molecule has 1 aliphatic heterocycles. The summed E-state index contributed by atoms with van der Waals surface area (Å²) in [4.78, 5) is 23.9. The Labute approximate surface area is 102 Å². The standard InChI is InChI=1S/C12H21NO4/c1-3-9(2)13-7-10(17-8-11(13)14)5-4-6-12(15)16/h9-10H,3-8H2,1-2H3,(H,15,16). The number of carbonyl (C=O) groups is 2. The van der Waals surface area contributed by atoms with E-state index in [0.717, 1.165) is 6.42 Å². The highest BCUT2D eigenvalue weighted by atomic mass is 16.5. The molecule has 0 aromatic heterocycles. The fourth-order valence-electron chi connectivity index (χ4n) is 1.95. The molecule has 0 aromatic carbocycles. The number of rotatable bonds is 6. The van der Waals surface area contributed by atoms with Crippen LogP contribution >= 0.6 is 0 Å². The molecule has 0 aromatic rings. The summed E-state index contributed by atoms with van der Waals surface area (Å²) in [7, 11) is 0. The Bertz CT molecular complexity index is 280. The minimum Gasteiger partial charge on any atom is -0.481 e. The van der Waals surface area contributed by atoms with E-state index >= 15 is 0 Å². The molecule has 0 aliphatic carbocycles. The van der Waals surface area contributed by atoms with Crippen LogP contribution < -0.4 is 0 Å². The molecule has 98 valence electrons. The van der Waals surface area contributed by atoms with Crippen molar-refractivity contribution in [1.82, 2.24) is 4.90 Å². The van der Waals surface area contributed by atoms with Gasteiger partial charge in [-0.25, -0.2) is 0 Å². The molecule has 0 spiro atoms. The number of aliphatic carboxylic acids is 1. The summed E-state index contributed by atoms with van der Waals surface area (Å²) >= 11 is 0. The van der Waals surface area contributed by atoms with Crippen molar-refractivity contribution in [3.8, 4) is 0 Å². The maximum Gasteiger partial charge on any atom is 0.303 e. The summed E-state index contributed by atoms with van der Waals surface area (Å²) in [5, 5.41) is 8.56. The third kappa shape index (κ3) is 4.34. The predicted octanol–water partition coefficient (Wildman–Crippen LogP) is 1.27. The fourth-order valence-corrected chi connectivity index (χ4v) is 1.95. The van der Waals surface area contributed by atoms with Crippen LogP contribution in [0.1, 0.15) is 39.5 Å². The maximum atomic E-state index is 11.6. The quantitative estimate of drug-likeness (QED) is 0.762. The summed E-state index contributed by atoms with van der Waals surface area (Å²) in [6, 6.07) is 0.230. The Morgan fingerprint density at radius 1 is 1.65 bits per heavy atom. The van der Waals surface area contributed by atoms with Gasteiger partial charge in [0.05, 0.1) is 6.10 Å². The lowest BCUT2D eigenvalue weighted by molar-refractivity contribution is -0.152. The Balaban J connectivity index is 2.38. The van der Waals surface area contributed by atoms with Gasteiger partial charge < -0.3 is 14.7 Å². The molecule has 2 unspecified atom stereocenters. The zero-order valence-electron chi connectivity index (χ0n) is 10.5. The van der Waals surface area contributed by atoms with Crippen molar-refractivity contribution in [3.05, 3.63) is 0 Å². The number of amides is 1. The van der Waals surface area contributed by atoms with Crippen LogP contribution in [0.4, 0.5) is 0 Å². The molecular formula is C12H21NO4. The normalized spacial score (nSPS) is 22.6. The Kier molecular flexibility index (Phi) is 5.41. The van der Waals surface area contributed by atoms with Gasteiger partial charge in [-0.2, -0.15) is 0 Å². The van der Waals surface area contributed by atoms with Crippen molar-refractivity contribution in [1.29, 1.82) is 0 Å². The smallest absolute Gasteiger partial charge is 0.303 e. The molecule has 1 fully saturated rings. The summed E-state index contributed by atoms with van der Waals surface area (Å²) in [5.74, 6) is -0.746. The van der Waals surface area contributed by atoms with Gasteiger partial charge in [-0.3, -0.25) is 9.59 Å². The average Bonchev–Trinajstić information content (AvgIpc) is 2.30. The van der Waals surface area contributed by atoms with Crippen molar-refractivity contribution in [2.75, 3.05) is 13.2 Å². The second-order valence-electron chi connectivity index (χ2n) is 4.52. The second kappa shape index (κ2) is 6.59. The summed E-state index contributed by atoms with van der Waals surface area (Å²) in [6.07, 6.45) is 2.38. The molecule has 2 atom stereocenters. The Morgan fingerprint density at radius 3 is 2.94 bits per heavy atom. The van der Waals surface area contributed by atoms with Gasteiger partial charge in [-0.05, 0) is 26.2 Å². The molecule has 1 saturated heterocycles. The summed E-state index contributed by atoms with van der Waals surface area (Å²) in [5.41, 5.74) is 0. The molecule has 1 aliphatic rings. The lowest BCUT2D eigenvalue weighted by Gasteiger charge is -2.36. The van der Waals surface area contributed by atoms with Crippen molar-refractivity contribution in [3.63, 3.8) is 0 Å². The first-order valence-electron chi connectivity index (χ1n) is 6.17. The van der Waals surface area contributed by atoms with Crippen molar-refractivity contribution in [2.24, 2.45) is 0 Å². The topological polar surface area (TPSA) is 66.8 Å². The number of morpholine rings is 1. The molecular weight excluding hydrogens is 222 g/mol. The van der Waals surface area contributed by atoms with Crippen LogP contribution in [0.2, 0.25) is 0 Å². The fraction of sp³-hybridized carbons (Fsp3) is 0.833. The Morgan fingerprint density at radius 2 is 2.35 bits per heavy atom. The highest BCUT2D eigenvalue weighted by Gasteiger charge is 2.28. The molecule has 1 rings (SSSR count). The third-order valence-electron chi connectivity index (χ3n) is 3.20. The maximum absolute atomic E-state index is 11.6. The second-order valence-corrected chi connectivity index (χ2v) is 4.52. The third-order valence-corrected chi connectivity index (χ3v) is 3.20. The Hall–Kier alpha value is -1.10. The zero-order valence-corrected chi connectivity index (χ0v) is 10.5. The van der Waals surface area contributed by atoms with E-state index in [2.05, 4.69) is 0 Å². The zero-order chi connectivity index (χ0) is 12.8. The van der Waals surface area contributed by atoms with Crippen LogP contribution in [0, 0.1) is 0 Å². The largest absolute Gasteiger partial charge is 0.481 e. The van der Waals surface area contributed by atoms with Crippen LogP contribution in [0.5, 0.6) is 0 Å². The van der Waals surface area contributed by atoms with Crippen LogP contribution in [-0.2, 0) is 14.3 Å². The van der Waals surface area contributed by atoms with Crippen LogP contribution in [-0.4, -0.2) is 47.2 Å². The monoisotopic (exact) mass is 243 g/mol. The number of hydrogen-bond donors (Lipinski definition) is 1. The average molecular weight is 243 g/mol. The summed E-state index contributed by atoms with van der Waals surface area (Å²) < 4.78 is 5.41. The number of carboxylic acids is 1. The lowest BCUT2D eigenvalue weighted by atomic mass is 10.1. The van der Waals surface area contributed by atoms with Crippen molar-refractivity contribution < 1.29 is 19.4 Å². The molecule has 5 nitrogen and oxygen atoms in total. The molecule has 1 amide bonds. The molecule has 1 heterocycles. The lowest BCUT2D eigenvalue weighted by Crippen LogP contribution is -2.50. The first kappa shape index (κ1) is 14.0. The van der Waals surface area contributed by atoms with Gasteiger partial charge in [0.2, 0.25) is 5.91 Å². The SMILES string of the molecule is CCC(C)N1CC(CCCC(=O)O)OCC1=O. The number of carboxylic acid groups (broad SMARTS) is 1. The van der Waals surface area contributed by atoms with E-state index in [1.807, 2.05) is 18.7 Å². The minimum atomic E-state index is -0.782. The minimum absolute atomic E-state index is 0.0129. The molecule has 5 heteroatoms. The van der Waals surface area contributed by atoms with E-state index in [4.69, 9.17) is 9.84 Å². The summed E-state index contributed by atoms with van der Waals surface area (Å²) in [6.45, 7) is 4.79.